The summed E-state index contributed by atoms with van der Waals surface area (Å²) < 4.78 is 0. The zero-order valence-electron chi connectivity index (χ0n) is 12.7. The van der Waals surface area contributed by atoms with Crippen molar-refractivity contribution in [3.63, 3.8) is 0 Å². The molecule has 1 N–H and O–H groups in total. The first-order valence-corrected chi connectivity index (χ1v) is 7.79. The average molecular weight is 267 g/mol. The van der Waals surface area contributed by atoms with Gasteiger partial charge in [0.1, 0.15) is 0 Å². The molecular weight excluding hydrogens is 238 g/mol. The summed E-state index contributed by atoms with van der Waals surface area (Å²) in [6.07, 6.45) is 4.19. The molecule has 2 aliphatic rings. The topological polar surface area (TPSA) is 35.6 Å². The van der Waals surface area contributed by atoms with Crippen LogP contribution in [-0.2, 0) is 4.79 Å². The van der Waals surface area contributed by atoms with Gasteiger partial charge in [0.2, 0.25) is 5.91 Å². The van der Waals surface area contributed by atoms with E-state index in [-0.39, 0.29) is 0 Å². The van der Waals surface area contributed by atoms with Gasteiger partial charge in [-0.15, -0.1) is 0 Å². The summed E-state index contributed by atoms with van der Waals surface area (Å²) in [5, 5.41) is 3.64. The Labute approximate surface area is 117 Å². The van der Waals surface area contributed by atoms with Crippen molar-refractivity contribution in [1.82, 2.24) is 15.1 Å². The van der Waals surface area contributed by atoms with Gasteiger partial charge in [-0.2, -0.15) is 0 Å². The Morgan fingerprint density at radius 2 is 1.95 bits per heavy atom. The van der Waals surface area contributed by atoms with Crippen molar-refractivity contribution in [2.45, 2.75) is 58.0 Å². The molecule has 0 aliphatic carbocycles. The van der Waals surface area contributed by atoms with E-state index in [1.807, 2.05) is 4.90 Å². The number of hydrogen-bond acceptors (Lipinski definition) is 3. The van der Waals surface area contributed by atoms with Crippen molar-refractivity contribution < 1.29 is 4.79 Å². The highest BCUT2D eigenvalue weighted by Crippen LogP contribution is 2.22. The van der Waals surface area contributed by atoms with Crippen molar-refractivity contribution >= 4 is 5.91 Å². The molecule has 2 fully saturated rings. The summed E-state index contributed by atoms with van der Waals surface area (Å²) in [5.41, 5.74) is 0.301. The highest BCUT2D eigenvalue weighted by molar-refractivity contribution is 5.76. The molecule has 0 bridgehead atoms. The SMILES string of the molecule is CCCC(=O)N1CCN(C2CCC(C)(C)NC2)CC1. The van der Waals surface area contributed by atoms with Crippen LogP contribution in [0.15, 0.2) is 0 Å². The van der Waals surface area contributed by atoms with Crippen molar-refractivity contribution in [3.8, 4) is 0 Å². The van der Waals surface area contributed by atoms with E-state index in [1.54, 1.807) is 0 Å². The van der Waals surface area contributed by atoms with Gasteiger partial charge in [0.15, 0.2) is 0 Å². The van der Waals surface area contributed by atoms with E-state index in [1.165, 1.54) is 12.8 Å². The normalized spacial score (nSPS) is 28.4. The highest BCUT2D eigenvalue weighted by atomic mass is 16.2. The Balaban J connectivity index is 1.76. The lowest BCUT2D eigenvalue weighted by atomic mass is 9.90. The van der Waals surface area contributed by atoms with E-state index in [0.29, 0.717) is 23.9 Å². The van der Waals surface area contributed by atoms with Crippen LogP contribution in [0.1, 0.15) is 46.5 Å². The minimum atomic E-state index is 0.301. The summed E-state index contributed by atoms with van der Waals surface area (Å²) in [5.74, 6) is 0.338. The second-order valence-corrected chi connectivity index (χ2v) is 6.62. The lowest BCUT2D eigenvalue weighted by molar-refractivity contribution is -0.133. The van der Waals surface area contributed by atoms with Gasteiger partial charge in [-0.1, -0.05) is 6.92 Å². The first-order valence-electron chi connectivity index (χ1n) is 7.79. The molecule has 0 radical (unpaired) electrons. The Morgan fingerprint density at radius 1 is 1.26 bits per heavy atom. The quantitative estimate of drug-likeness (QED) is 0.841. The van der Waals surface area contributed by atoms with E-state index in [0.717, 1.165) is 39.1 Å². The predicted octanol–water partition coefficient (Wildman–Crippen LogP) is 1.46. The smallest absolute Gasteiger partial charge is 0.222 e. The molecule has 1 atom stereocenters. The van der Waals surface area contributed by atoms with Gasteiger partial charge in [-0.25, -0.2) is 0 Å². The third-order valence-corrected chi connectivity index (χ3v) is 4.57. The Morgan fingerprint density at radius 3 is 2.47 bits per heavy atom. The molecule has 0 spiro atoms. The summed E-state index contributed by atoms with van der Waals surface area (Å²) in [4.78, 5) is 16.5. The number of rotatable bonds is 3. The fourth-order valence-electron chi connectivity index (χ4n) is 3.13. The molecular formula is C15H29N3O. The Hall–Kier alpha value is -0.610. The standard InChI is InChI=1S/C15H29N3O/c1-4-5-14(19)18-10-8-17(9-11-18)13-6-7-15(2,3)16-12-13/h13,16H,4-12H2,1-3H3. The van der Waals surface area contributed by atoms with Gasteiger partial charge in [0.05, 0.1) is 0 Å². The molecule has 0 aromatic carbocycles. The number of piperazine rings is 1. The first kappa shape index (κ1) is 14.8. The molecule has 19 heavy (non-hydrogen) atoms. The molecule has 0 aromatic heterocycles. The molecule has 2 heterocycles. The number of piperidine rings is 1. The maximum Gasteiger partial charge on any atom is 0.222 e. The lowest BCUT2D eigenvalue weighted by Gasteiger charge is -2.44. The van der Waals surface area contributed by atoms with Crippen LogP contribution < -0.4 is 5.32 Å². The zero-order chi connectivity index (χ0) is 13.9. The summed E-state index contributed by atoms with van der Waals surface area (Å²) in [6.45, 7) is 11.6. The van der Waals surface area contributed by atoms with E-state index in [2.05, 4.69) is 31.0 Å². The largest absolute Gasteiger partial charge is 0.340 e. The van der Waals surface area contributed by atoms with Gasteiger partial charge in [-0.3, -0.25) is 9.69 Å². The second-order valence-electron chi connectivity index (χ2n) is 6.62. The minimum Gasteiger partial charge on any atom is -0.340 e. The molecule has 2 rings (SSSR count). The van der Waals surface area contributed by atoms with Gasteiger partial charge >= 0.3 is 0 Å². The molecule has 0 saturated carbocycles. The average Bonchev–Trinajstić information content (AvgIpc) is 2.39. The van der Waals surface area contributed by atoms with Crippen molar-refractivity contribution in [3.05, 3.63) is 0 Å². The number of nitrogens with one attached hydrogen (secondary N) is 1. The molecule has 2 saturated heterocycles. The molecule has 4 nitrogen and oxygen atoms in total. The van der Waals surface area contributed by atoms with E-state index >= 15 is 0 Å². The summed E-state index contributed by atoms with van der Waals surface area (Å²) in [6, 6.07) is 0.663. The van der Waals surface area contributed by atoms with Crippen molar-refractivity contribution in [1.29, 1.82) is 0 Å². The molecule has 2 aliphatic heterocycles. The van der Waals surface area contributed by atoms with E-state index in [9.17, 15) is 4.79 Å². The number of carbonyl (C=O) groups is 1. The number of nitrogens with zero attached hydrogens (tertiary/aromatic N) is 2. The third kappa shape index (κ3) is 3.93. The minimum absolute atomic E-state index is 0.301. The van der Waals surface area contributed by atoms with Crippen molar-refractivity contribution in [2.75, 3.05) is 32.7 Å². The fraction of sp³-hybridized carbons (Fsp3) is 0.933. The van der Waals surface area contributed by atoms with Gasteiger partial charge in [0.25, 0.3) is 0 Å². The van der Waals surface area contributed by atoms with Crippen LogP contribution in [-0.4, -0.2) is 60.0 Å². The van der Waals surface area contributed by atoms with Gasteiger partial charge in [-0.05, 0) is 33.1 Å². The predicted molar refractivity (Wildman–Crippen MR) is 78.2 cm³/mol. The molecule has 0 aromatic rings. The van der Waals surface area contributed by atoms with Gasteiger partial charge < -0.3 is 10.2 Å². The summed E-state index contributed by atoms with van der Waals surface area (Å²) >= 11 is 0. The maximum atomic E-state index is 11.9. The van der Waals surface area contributed by atoms with Crippen LogP contribution in [0.4, 0.5) is 0 Å². The van der Waals surface area contributed by atoms with Crippen LogP contribution >= 0.6 is 0 Å². The van der Waals surface area contributed by atoms with E-state index in [4.69, 9.17) is 0 Å². The number of amides is 1. The van der Waals surface area contributed by atoms with Crippen LogP contribution in [0.2, 0.25) is 0 Å². The zero-order valence-corrected chi connectivity index (χ0v) is 12.7. The lowest BCUT2D eigenvalue weighted by Crippen LogP contribution is -2.58. The molecule has 4 heteroatoms. The molecule has 1 unspecified atom stereocenters. The van der Waals surface area contributed by atoms with Crippen LogP contribution in [0, 0.1) is 0 Å². The Bertz CT molecular complexity index is 299. The Kier molecular flexibility index (Phi) is 4.85. The number of carbonyl (C=O) groups excluding carboxylic acids is 1. The first-order chi connectivity index (χ1) is 9.02. The monoisotopic (exact) mass is 267 g/mol. The fourth-order valence-corrected chi connectivity index (χ4v) is 3.13. The number of hydrogen-bond donors (Lipinski definition) is 1. The van der Waals surface area contributed by atoms with Crippen LogP contribution in [0.3, 0.4) is 0 Å². The van der Waals surface area contributed by atoms with Gasteiger partial charge in [0, 0.05) is 50.7 Å². The maximum absolute atomic E-state index is 11.9. The summed E-state index contributed by atoms with van der Waals surface area (Å²) in [7, 11) is 0. The van der Waals surface area contributed by atoms with Crippen LogP contribution in [0.5, 0.6) is 0 Å². The molecule has 110 valence electrons. The molecule has 1 amide bonds. The van der Waals surface area contributed by atoms with E-state index < -0.39 is 0 Å². The van der Waals surface area contributed by atoms with Crippen molar-refractivity contribution in [2.24, 2.45) is 0 Å². The van der Waals surface area contributed by atoms with Crippen LogP contribution in [0.25, 0.3) is 0 Å². The second kappa shape index (κ2) is 6.23. The third-order valence-electron chi connectivity index (χ3n) is 4.57. The highest BCUT2D eigenvalue weighted by Gasteiger charge is 2.31.